The molecule has 0 aliphatic heterocycles. The van der Waals surface area contributed by atoms with Crippen molar-refractivity contribution in [3.05, 3.63) is 20.2 Å². The molecule has 0 rings (SSSR count). The molecule has 2 atom stereocenters. The summed E-state index contributed by atoms with van der Waals surface area (Å²) in [6.45, 7) is -0.246. The van der Waals surface area contributed by atoms with Crippen molar-refractivity contribution in [2.45, 2.75) is 50.7 Å². The van der Waals surface area contributed by atoms with Gasteiger partial charge in [0.25, 0.3) is 10.2 Å². The molecule has 13 heteroatoms. The molecule has 1 amide bonds. The van der Waals surface area contributed by atoms with Crippen molar-refractivity contribution < 1.29 is 34.5 Å². The number of nitrogens with two attached hydrogens (primary N) is 1. The number of hydrogen-bond donors (Lipinski definition) is 3. The van der Waals surface area contributed by atoms with Crippen molar-refractivity contribution in [3.63, 3.8) is 0 Å². The number of carbonyl (C=O) groups excluding carboxylic acids is 1. The number of amides is 1. The number of unbranched alkanes of at least 4 members (excludes halogenated alkanes) is 1. The average Bonchev–Trinajstić information content (AvgIpc) is 2.51. The van der Waals surface area contributed by atoms with Crippen LogP contribution in [0.5, 0.6) is 0 Å². The summed E-state index contributed by atoms with van der Waals surface area (Å²) in [4.78, 5) is 50.7. The first-order valence-electron chi connectivity index (χ1n) is 7.56. The van der Waals surface area contributed by atoms with Crippen LogP contribution in [-0.2, 0) is 19.3 Å². The number of aliphatic carboxylic acids is 1. The van der Waals surface area contributed by atoms with Crippen LogP contribution in [0.2, 0.25) is 0 Å². The smallest absolute Gasteiger partial charge is 0.320 e. The molecule has 0 aromatic heterocycles. The highest BCUT2D eigenvalue weighted by Crippen LogP contribution is 2.07. The van der Waals surface area contributed by atoms with Crippen LogP contribution in [-0.4, -0.2) is 52.5 Å². The number of nitrogens with one attached hydrogen (secondary N) is 1. The highest BCUT2D eigenvalue weighted by atomic mass is 17.0. The van der Waals surface area contributed by atoms with Crippen molar-refractivity contribution in [1.29, 1.82) is 0 Å². The van der Waals surface area contributed by atoms with E-state index >= 15 is 0 Å². The third kappa shape index (κ3) is 13.4. The minimum atomic E-state index is -1.13. The maximum atomic E-state index is 11.6. The zero-order valence-corrected chi connectivity index (χ0v) is 13.5. The first kappa shape index (κ1) is 22.3. The van der Waals surface area contributed by atoms with Crippen molar-refractivity contribution in [2.24, 2.45) is 5.73 Å². The topological polar surface area (TPSA) is 197 Å². The van der Waals surface area contributed by atoms with Crippen LogP contribution in [0.15, 0.2) is 0 Å². The van der Waals surface area contributed by atoms with Crippen LogP contribution in [0.3, 0.4) is 0 Å². The SMILES string of the molecule is NC(CCCCNC(=O)CCCC(CO[N+](=O)[O-])O[N+](=O)[O-])C(=O)O. The van der Waals surface area contributed by atoms with E-state index in [-0.39, 0.29) is 25.2 Å². The fourth-order valence-corrected chi connectivity index (χ4v) is 1.85. The summed E-state index contributed by atoms with van der Waals surface area (Å²) in [5, 5.41) is 29.4. The predicted molar refractivity (Wildman–Crippen MR) is 81.1 cm³/mol. The second-order valence-corrected chi connectivity index (χ2v) is 5.15. The maximum absolute atomic E-state index is 11.6. The fraction of sp³-hybridized carbons (Fsp3) is 0.833. The fourth-order valence-electron chi connectivity index (χ4n) is 1.85. The highest BCUT2D eigenvalue weighted by Gasteiger charge is 2.16. The van der Waals surface area contributed by atoms with Crippen molar-refractivity contribution >= 4 is 11.9 Å². The van der Waals surface area contributed by atoms with Gasteiger partial charge in [0.2, 0.25) is 5.91 Å². The molecular formula is C12H22N4O9. The van der Waals surface area contributed by atoms with E-state index in [2.05, 4.69) is 15.0 Å². The van der Waals surface area contributed by atoms with Gasteiger partial charge in [-0.25, -0.2) is 0 Å². The molecule has 0 aliphatic rings. The van der Waals surface area contributed by atoms with Gasteiger partial charge in [-0.3, -0.25) is 9.59 Å². The molecule has 0 heterocycles. The first-order chi connectivity index (χ1) is 11.7. The molecule has 144 valence electrons. The normalized spacial score (nSPS) is 12.7. The molecule has 2 unspecified atom stereocenters. The number of carboxylic acids is 1. The third-order valence-electron chi connectivity index (χ3n) is 3.11. The Bertz CT molecular complexity index is 460. The molecule has 0 aliphatic carbocycles. The van der Waals surface area contributed by atoms with Crippen LogP contribution < -0.4 is 11.1 Å². The first-order valence-corrected chi connectivity index (χ1v) is 7.56. The van der Waals surface area contributed by atoms with Gasteiger partial charge in [0.1, 0.15) is 18.8 Å². The lowest BCUT2D eigenvalue weighted by molar-refractivity contribution is -0.790. The minimum Gasteiger partial charge on any atom is -0.480 e. The Hall–Kier alpha value is -2.70. The number of carboxylic acid groups (broad SMARTS) is 1. The maximum Gasteiger partial charge on any atom is 0.320 e. The summed E-state index contributed by atoms with van der Waals surface area (Å²) in [7, 11) is 0. The van der Waals surface area contributed by atoms with Gasteiger partial charge < -0.3 is 25.8 Å². The largest absolute Gasteiger partial charge is 0.480 e. The molecule has 0 aromatic carbocycles. The van der Waals surface area contributed by atoms with Crippen molar-refractivity contribution in [3.8, 4) is 0 Å². The van der Waals surface area contributed by atoms with E-state index in [0.29, 0.717) is 25.8 Å². The minimum absolute atomic E-state index is 0.0374. The molecule has 25 heavy (non-hydrogen) atoms. The van der Waals surface area contributed by atoms with Gasteiger partial charge in [0.15, 0.2) is 0 Å². The Morgan fingerprint density at radius 3 is 2.36 bits per heavy atom. The molecular weight excluding hydrogens is 344 g/mol. The zero-order chi connectivity index (χ0) is 19.2. The molecule has 0 saturated heterocycles. The second kappa shape index (κ2) is 12.7. The zero-order valence-electron chi connectivity index (χ0n) is 13.5. The van der Waals surface area contributed by atoms with E-state index in [1.165, 1.54) is 0 Å². The van der Waals surface area contributed by atoms with E-state index in [9.17, 15) is 29.8 Å². The lowest BCUT2D eigenvalue weighted by Gasteiger charge is -2.13. The molecule has 0 fully saturated rings. The van der Waals surface area contributed by atoms with Gasteiger partial charge in [0, 0.05) is 13.0 Å². The molecule has 0 bridgehead atoms. The lowest BCUT2D eigenvalue weighted by Crippen LogP contribution is -2.30. The number of rotatable bonds is 15. The molecule has 0 spiro atoms. The van der Waals surface area contributed by atoms with Gasteiger partial charge in [0.05, 0.1) is 0 Å². The third-order valence-corrected chi connectivity index (χ3v) is 3.11. The standard InChI is InChI=1S/C12H22N4O9/c13-10(12(18)19)5-1-2-7-14-11(17)6-3-4-9(25-16(22)23)8-24-15(20)21/h9-10H,1-8,13H2,(H,14,17)(H,18,19). The summed E-state index contributed by atoms with van der Waals surface area (Å²) in [5.74, 6) is -1.37. The number of hydrogen-bond acceptors (Lipinski definition) is 9. The van der Waals surface area contributed by atoms with E-state index in [1.54, 1.807) is 0 Å². The predicted octanol–water partition coefficient (Wildman–Crippen LogP) is -0.360. The van der Waals surface area contributed by atoms with Gasteiger partial charge >= 0.3 is 5.97 Å². The Morgan fingerprint density at radius 1 is 1.12 bits per heavy atom. The Balaban J connectivity index is 3.85. The van der Waals surface area contributed by atoms with Crippen LogP contribution in [0, 0.1) is 20.2 Å². The van der Waals surface area contributed by atoms with Crippen molar-refractivity contribution in [2.75, 3.05) is 13.2 Å². The van der Waals surface area contributed by atoms with Crippen LogP contribution in [0.1, 0.15) is 38.5 Å². The summed E-state index contributed by atoms with van der Waals surface area (Å²) in [6.07, 6.45) is 0.601. The quantitative estimate of drug-likeness (QED) is 0.195. The monoisotopic (exact) mass is 366 g/mol. The van der Waals surface area contributed by atoms with E-state index < -0.39 is 34.9 Å². The van der Waals surface area contributed by atoms with E-state index in [4.69, 9.17) is 10.8 Å². The summed E-state index contributed by atoms with van der Waals surface area (Å²) in [6, 6.07) is -0.921. The highest BCUT2D eigenvalue weighted by molar-refractivity contribution is 5.75. The number of nitrogens with zero attached hydrogens (tertiary/aromatic N) is 2. The van der Waals surface area contributed by atoms with Crippen LogP contribution >= 0.6 is 0 Å². The average molecular weight is 366 g/mol. The Morgan fingerprint density at radius 2 is 1.80 bits per heavy atom. The second-order valence-electron chi connectivity index (χ2n) is 5.15. The lowest BCUT2D eigenvalue weighted by atomic mass is 10.1. The van der Waals surface area contributed by atoms with E-state index in [1.807, 2.05) is 0 Å². The van der Waals surface area contributed by atoms with Crippen LogP contribution in [0.25, 0.3) is 0 Å². The molecule has 0 aromatic rings. The summed E-state index contributed by atoms with van der Waals surface area (Å²) >= 11 is 0. The Kier molecular flexibility index (Phi) is 11.3. The van der Waals surface area contributed by atoms with Gasteiger partial charge in [-0.15, -0.1) is 20.2 Å². The molecule has 4 N–H and O–H groups in total. The van der Waals surface area contributed by atoms with Crippen LogP contribution in [0.4, 0.5) is 0 Å². The summed E-state index contributed by atoms with van der Waals surface area (Å²) in [5.41, 5.74) is 5.33. The van der Waals surface area contributed by atoms with Gasteiger partial charge in [-0.05, 0) is 32.1 Å². The van der Waals surface area contributed by atoms with E-state index in [0.717, 1.165) is 0 Å². The molecule has 0 saturated carbocycles. The number of carbonyl (C=O) groups is 2. The Labute approximate surface area is 142 Å². The molecule has 0 radical (unpaired) electrons. The summed E-state index contributed by atoms with van der Waals surface area (Å²) < 4.78 is 0. The van der Waals surface area contributed by atoms with Crippen molar-refractivity contribution in [1.82, 2.24) is 5.32 Å². The van der Waals surface area contributed by atoms with Gasteiger partial charge in [-0.1, -0.05) is 0 Å². The molecule has 13 nitrogen and oxygen atoms in total. The van der Waals surface area contributed by atoms with Gasteiger partial charge in [-0.2, -0.15) is 0 Å².